The molecule has 1 heterocycles. The Morgan fingerprint density at radius 1 is 0.976 bits per heavy atom. The largest absolute Gasteiger partial charge is 0.390 e. The molecule has 2 atom stereocenters. The molecule has 0 spiro atoms. The summed E-state index contributed by atoms with van der Waals surface area (Å²) in [4.78, 5) is 20.2. The molecule has 0 aliphatic carbocycles. The lowest BCUT2D eigenvalue weighted by Crippen LogP contribution is -2.48. The number of hydrogen-bond donors (Lipinski definition) is 3. The number of fused-ring (bicyclic) bond motifs is 1. The Balaban J connectivity index is 1.53. The molecule has 0 aliphatic heterocycles. The molecule has 0 aliphatic rings. The molecule has 42 heavy (non-hydrogen) atoms. The van der Waals surface area contributed by atoms with Gasteiger partial charge in [0, 0.05) is 49.9 Å². The average Bonchev–Trinajstić information content (AvgIpc) is 2.98. The van der Waals surface area contributed by atoms with Crippen molar-refractivity contribution in [1.29, 1.82) is 0 Å². The van der Waals surface area contributed by atoms with Crippen LogP contribution in [0, 0.1) is 11.6 Å². The number of carbonyl (C=O) groups excluding carboxylic acids is 1. The number of aryl methyl sites for hydroxylation is 1. The summed E-state index contributed by atoms with van der Waals surface area (Å²) in [5, 5.41) is 19.2. The summed E-state index contributed by atoms with van der Waals surface area (Å²) in [5.74, 6) is -1.02. The van der Waals surface area contributed by atoms with Gasteiger partial charge in [0.05, 0.1) is 12.1 Å². The van der Waals surface area contributed by atoms with Gasteiger partial charge in [-0.15, -0.1) is 0 Å². The SMILES string of the molecule is CCCCN(C)c1nccc2ccc(C(=O)N[C@@H](Cc3cc(F)cc(F)c3)[C@H](O)CNCc3cccc(CC)c3)cc12. The maximum atomic E-state index is 14.0. The van der Waals surface area contributed by atoms with Crippen LogP contribution in [0.1, 0.15) is 53.7 Å². The van der Waals surface area contributed by atoms with E-state index in [0.717, 1.165) is 54.0 Å². The van der Waals surface area contributed by atoms with Crippen LogP contribution in [0.15, 0.2) is 72.9 Å². The number of aromatic nitrogens is 1. The molecule has 1 amide bonds. The number of nitrogens with one attached hydrogen (secondary N) is 2. The smallest absolute Gasteiger partial charge is 0.251 e. The van der Waals surface area contributed by atoms with Crippen LogP contribution in [-0.4, -0.2) is 48.3 Å². The highest BCUT2D eigenvalue weighted by molar-refractivity contribution is 6.01. The highest BCUT2D eigenvalue weighted by Gasteiger charge is 2.23. The van der Waals surface area contributed by atoms with Gasteiger partial charge in [0.15, 0.2) is 0 Å². The first-order valence-electron chi connectivity index (χ1n) is 14.6. The van der Waals surface area contributed by atoms with Crippen molar-refractivity contribution in [2.24, 2.45) is 0 Å². The first-order valence-corrected chi connectivity index (χ1v) is 14.6. The van der Waals surface area contributed by atoms with Gasteiger partial charge in [-0.25, -0.2) is 13.8 Å². The third-order valence-corrected chi connectivity index (χ3v) is 7.46. The maximum Gasteiger partial charge on any atom is 0.251 e. The van der Waals surface area contributed by atoms with E-state index in [2.05, 4.69) is 46.5 Å². The van der Waals surface area contributed by atoms with Crippen LogP contribution in [0.25, 0.3) is 10.8 Å². The molecule has 0 saturated heterocycles. The fraction of sp³-hybridized carbons (Fsp3) is 0.353. The Morgan fingerprint density at radius 3 is 2.48 bits per heavy atom. The molecule has 0 radical (unpaired) electrons. The standard InChI is InChI=1S/C34H40F2N4O2/c1-4-6-14-40(3)33-30-19-27(11-10-26(30)12-13-38-33)34(42)39-31(18-25-16-28(35)20-29(36)17-25)32(41)22-37-21-24-9-7-8-23(5-2)15-24/h7-13,15-17,19-20,31-32,37,41H,4-6,14,18,21-22H2,1-3H3,(H,39,42)/t31-,32+/m0/s1. The first-order chi connectivity index (χ1) is 20.3. The van der Waals surface area contributed by atoms with Gasteiger partial charge in [-0.2, -0.15) is 0 Å². The zero-order chi connectivity index (χ0) is 30.1. The molecule has 0 bridgehead atoms. The Labute approximate surface area is 246 Å². The van der Waals surface area contributed by atoms with Gasteiger partial charge in [0.25, 0.3) is 5.91 Å². The van der Waals surface area contributed by atoms with E-state index in [1.807, 2.05) is 31.3 Å². The molecule has 1 aromatic heterocycles. The van der Waals surface area contributed by atoms with E-state index in [1.54, 1.807) is 18.3 Å². The van der Waals surface area contributed by atoms with Gasteiger partial charge in [0.1, 0.15) is 17.5 Å². The molecule has 0 fully saturated rings. The number of pyridine rings is 1. The number of amides is 1. The number of halogens is 2. The Hall–Kier alpha value is -3.88. The zero-order valence-electron chi connectivity index (χ0n) is 24.5. The minimum Gasteiger partial charge on any atom is -0.390 e. The number of aliphatic hydroxyl groups excluding tert-OH is 1. The molecule has 4 aromatic rings. The lowest BCUT2D eigenvalue weighted by atomic mass is 9.99. The van der Waals surface area contributed by atoms with Gasteiger partial charge in [0.2, 0.25) is 0 Å². The topological polar surface area (TPSA) is 77.5 Å². The summed E-state index contributed by atoms with van der Waals surface area (Å²) >= 11 is 0. The van der Waals surface area contributed by atoms with Crippen LogP contribution >= 0.6 is 0 Å². The molecule has 8 heteroatoms. The summed E-state index contributed by atoms with van der Waals surface area (Å²) in [5.41, 5.74) is 3.06. The second-order valence-electron chi connectivity index (χ2n) is 10.8. The van der Waals surface area contributed by atoms with Crippen LogP contribution in [0.2, 0.25) is 0 Å². The predicted octanol–water partition coefficient (Wildman–Crippen LogP) is 5.80. The first kappa shape index (κ1) is 31.1. The molecular weight excluding hydrogens is 534 g/mol. The van der Waals surface area contributed by atoms with E-state index in [0.29, 0.717) is 17.7 Å². The summed E-state index contributed by atoms with van der Waals surface area (Å²) in [6.07, 6.45) is 3.79. The van der Waals surface area contributed by atoms with Gasteiger partial charge in [-0.05, 0) is 71.7 Å². The maximum absolute atomic E-state index is 14.0. The van der Waals surface area contributed by atoms with Crippen molar-refractivity contribution in [2.75, 3.05) is 25.0 Å². The summed E-state index contributed by atoms with van der Waals surface area (Å²) in [6, 6.07) is 17.9. The predicted molar refractivity (Wildman–Crippen MR) is 165 cm³/mol. The minimum absolute atomic E-state index is 0.0503. The number of hydrogen-bond acceptors (Lipinski definition) is 5. The molecule has 0 unspecified atom stereocenters. The number of unbranched alkanes of at least 4 members (excludes halogenated alkanes) is 1. The second-order valence-corrected chi connectivity index (χ2v) is 10.8. The highest BCUT2D eigenvalue weighted by Crippen LogP contribution is 2.25. The fourth-order valence-electron chi connectivity index (χ4n) is 5.08. The van der Waals surface area contributed by atoms with Crippen molar-refractivity contribution < 1.29 is 18.7 Å². The van der Waals surface area contributed by atoms with Crippen molar-refractivity contribution in [3.63, 3.8) is 0 Å². The number of carbonyl (C=O) groups is 1. The molecule has 0 saturated carbocycles. The van der Waals surface area contributed by atoms with E-state index in [1.165, 1.54) is 17.7 Å². The third kappa shape index (κ3) is 8.33. The number of anilines is 1. The lowest BCUT2D eigenvalue weighted by molar-refractivity contribution is 0.0830. The normalized spacial score (nSPS) is 12.7. The van der Waals surface area contributed by atoms with Crippen molar-refractivity contribution in [3.05, 3.63) is 107 Å². The van der Waals surface area contributed by atoms with Crippen molar-refractivity contribution in [3.8, 4) is 0 Å². The van der Waals surface area contributed by atoms with Gasteiger partial charge in [-0.1, -0.05) is 50.6 Å². The quantitative estimate of drug-likeness (QED) is 0.177. The summed E-state index contributed by atoms with van der Waals surface area (Å²) < 4.78 is 28.0. The second kappa shape index (κ2) is 14.8. The number of aliphatic hydroxyl groups is 1. The molecule has 3 aromatic carbocycles. The van der Waals surface area contributed by atoms with Crippen molar-refractivity contribution in [1.82, 2.24) is 15.6 Å². The van der Waals surface area contributed by atoms with Crippen LogP contribution in [-0.2, 0) is 19.4 Å². The fourth-order valence-corrected chi connectivity index (χ4v) is 5.08. The van der Waals surface area contributed by atoms with Crippen LogP contribution < -0.4 is 15.5 Å². The van der Waals surface area contributed by atoms with Gasteiger partial charge < -0.3 is 20.6 Å². The van der Waals surface area contributed by atoms with Gasteiger partial charge in [-0.3, -0.25) is 4.79 Å². The lowest BCUT2D eigenvalue weighted by Gasteiger charge is -2.25. The minimum atomic E-state index is -1.02. The Bertz CT molecular complexity index is 1480. The van der Waals surface area contributed by atoms with E-state index >= 15 is 0 Å². The molecular formula is C34H40F2N4O2. The van der Waals surface area contributed by atoms with E-state index in [4.69, 9.17) is 0 Å². The van der Waals surface area contributed by atoms with Crippen molar-refractivity contribution in [2.45, 2.75) is 58.2 Å². The number of benzene rings is 3. The summed E-state index contributed by atoms with van der Waals surface area (Å²) in [7, 11) is 1.99. The van der Waals surface area contributed by atoms with Crippen LogP contribution in [0.4, 0.5) is 14.6 Å². The Kier molecular flexibility index (Phi) is 11.0. The van der Waals surface area contributed by atoms with E-state index in [-0.39, 0.29) is 18.9 Å². The molecule has 3 N–H and O–H groups in total. The highest BCUT2D eigenvalue weighted by atomic mass is 19.1. The van der Waals surface area contributed by atoms with Crippen LogP contribution in [0.3, 0.4) is 0 Å². The molecule has 222 valence electrons. The number of rotatable bonds is 14. The Morgan fingerprint density at radius 2 is 1.74 bits per heavy atom. The van der Waals surface area contributed by atoms with E-state index < -0.39 is 23.8 Å². The average molecular weight is 575 g/mol. The van der Waals surface area contributed by atoms with Crippen LogP contribution in [0.5, 0.6) is 0 Å². The molecule has 6 nitrogen and oxygen atoms in total. The zero-order valence-corrected chi connectivity index (χ0v) is 24.5. The molecule has 4 rings (SSSR count). The van der Waals surface area contributed by atoms with E-state index in [9.17, 15) is 18.7 Å². The number of nitrogens with zero attached hydrogens (tertiary/aromatic N) is 2. The third-order valence-electron chi connectivity index (χ3n) is 7.46. The van der Waals surface area contributed by atoms with Crippen molar-refractivity contribution >= 4 is 22.5 Å². The summed E-state index contributed by atoms with van der Waals surface area (Å²) in [6.45, 7) is 5.78. The van der Waals surface area contributed by atoms with Gasteiger partial charge >= 0.3 is 0 Å². The monoisotopic (exact) mass is 574 g/mol.